The predicted molar refractivity (Wildman–Crippen MR) is 97.5 cm³/mol. The fourth-order valence-corrected chi connectivity index (χ4v) is 3.00. The molecule has 4 nitrogen and oxygen atoms in total. The van der Waals surface area contributed by atoms with Crippen LogP contribution in [0.3, 0.4) is 0 Å². The molecule has 0 unspecified atom stereocenters. The van der Waals surface area contributed by atoms with E-state index in [-0.39, 0.29) is 24.0 Å². The second-order valence-corrected chi connectivity index (χ2v) is 5.63. The topological polar surface area (TPSA) is 50.9 Å². The highest BCUT2D eigenvalue weighted by Crippen LogP contribution is 2.17. The number of nitrogens with zero attached hydrogens (tertiary/aromatic N) is 2. The minimum Gasteiger partial charge on any atom is -0.496 e. The van der Waals surface area contributed by atoms with Gasteiger partial charge in [-0.3, -0.25) is 4.99 Å². The molecule has 2 N–H and O–H groups in total. The first-order valence-electron chi connectivity index (χ1n) is 6.56. The second-order valence-electron chi connectivity index (χ2n) is 4.40. The van der Waals surface area contributed by atoms with E-state index in [1.165, 1.54) is 5.56 Å². The van der Waals surface area contributed by atoms with Crippen molar-refractivity contribution >= 4 is 41.7 Å². The second kappa shape index (κ2) is 9.33. The average molecular weight is 407 g/mol. The van der Waals surface area contributed by atoms with Crippen LogP contribution in [0.1, 0.15) is 5.56 Å². The first kappa shape index (κ1) is 17.4. The van der Waals surface area contributed by atoms with Gasteiger partial charge in [-0.2, -0.15) is 11.8 Å². The van der Waals surface area contributed by atoms with Crippen molar-refractivity contribution in [2.45, 2.75) is 6.42 Å². The number of methoxy groups -OCH3 is 1. The van der Waals surface area contributed by atoms with Gasteiger partial charge in [0.1, 0.15) is 5.75 Å². The van der Waals surface area contributed by atoms with E-state index in [1.807, 2.05) is 30.0 Å². The molecule has 0 radical (unpaired) electrons. The molecule has 0 spiro atoms. The summed E-state index contributed by atoms with van der Waals surface area (Å²) in [6, 6.07) is 8.05. The summed E-state index contributed by atoms with van der Waals surface area (Å²) in [5.41, 5.74) is 7.20. The van der Waals surface area contributed by atoms with Crippen molar-refractivity contribution in [1.82, 2.24) is 4.90 Å². The molecule has 0 atom stereocenters. The van der Waals surface area contributed by atoms with Gasteiger partial charge in [0.25, 0.3) is 0 Å². The van der Waals surface area contributed by atoms with Crippen LogP contribution >= 0.6 is 35.7 Å². The fourth-order valence-electron chi connectivity index (χ4n) is 2.09. The van der Waals surface area contributed by atoms with Crippen molar-refractivity contribution in [1.29, 1.82) is 0 Å². The Bertz CT molecular complexity index is 436. The van der Waals surface area contributed by atoms with Crippen LogP contribution in [0.2, 0.25) is 0 Å². The van der Waals surface area contributed by atoms with Crippen LogP contribution in [0.5, 0.6) is 5.75 Å². The van der Waals surface area contributed by atoms with Crippen molar-refractivity contribution in [2.75, 3.05) is 38.2 Å². The van der Waals surface area contributed by atoms with Gasteiger partial charge in [-0.25, -0.2) is 0 Å². The molecule has 2 rings (SSSR count). The Morgan fingerprint density at radius 1 is 1.35 bits per heavy atom. The molecule has 1 aliphatic rings. The largest absolute Gasteiger partial charge is 0.496 e. The first-order chi connectivity index (χ1) is 9.31. The average Bonchev–Trinajstić information content (AvgIpc) is 2.48. The summed E-state index contributed by atoms with van der Waals surface area (Å²) in [7, 11) is 1.70. The Labute approximate surface area is 142 Å². The number of rotatable bonds is 4. The van der Waals surface area contributed by atoms with Crippen LogP contribution in [0, 0.1) is 0 Å². The van der Waals surface area contributed by atoms with Crippen LogP contribution in [0.25, 0.3) is 0 Å². The number of halogens is 1. The molecule has 1 heterocycles. The lowest BCUT2D eigenvalue weighted by Gasteiger charge is -2.27. The van der Waals surface area contributed by atoms with Crippen LogP contribution in [0.4, 0.5) is 0 Å². The number of nitrogens with two attached hydrogens (primary N) is 1. The summed E-state index contributed by atoms with van der Waals surface area (Å²) in [6.45, 7) is 2.72. The summed E-state index contributed by atoms with van der Waals surface area (Å²) in [4.78, 5) is 6.64. The molecule has 1 saturated heterocycles. The third kappa shape index (κ3) is 5.05. The van der Waals surface area contributed by atoms with Crippen LogP contribution in [-0.4, -0.2) is 49.1 Å². The quantitative estimate of drug-likeness (QED) is 0.473. The van der Waals surface area contributed by atoms with Crippen molar-refractivity contribution in [2.24, 2.45) is 10.7 Å². The van der Waals surface area contributed by atoms with E-state index in [0.29, 0.717) is 12.5 Å². The van der Waals surface area contributed by atoms with Gasteiger partial charge >= 0.3 is 0 Å². The highest BCUT2D eigenvalue weighted by Gasteiger charge is 2.11. The Morgan fingerprint density at radius 2 is 2.05 bits per heavy atom. The lowest BCUT2D eigenvalue weighted by atomic mass is 10.1. The Morgan fingerprint density at radius 3 is 2.75 bits per heavy atom. The Kier molecular flexibility index (Phi) is 8.13. The molecule has 1 aromatic rings. The predicted octanol–water partition coefficient (Wildman–Crippen LogP) is 2.22. The molecule has 0 aromatic heterocycles. The van der Waals surface area contributed by atoms with E-state index in [9.17, 15) is 0 Å². The zero-order valence-corrected chi connectivity index (χ0v) is 14.9. The van der Waals surface area contributed by atoms with Crippen molar-refractivity contribution in [3.8, 4) is 5.75 Å². The number of hydrogen-bond acceptors (Lipinski definition) is 3. The minimum atomic E-state index is 0. The number of thioether (sulfide) groups is 1. The molecule has 0 amide bonds. The zero-order valence-electron chi connectivity index (χ0n) is 11.7. The molecule has 1 aliphatic heterocycles. The van der Waals surface area contributed by atoms with Crippen molar-refractivity contribution in [3.05, 3.63) is 29.8 Å². The maximum Gasteiger partial charge on any atom is 0.191 e. The molecule has 1 aromatic carbocycles. The smallest absolute Gasteiger partial charge is 0.191 e. The molecule has 0 bridgehead atoms. The highest BCUT2D eigenvalue weighted by molar-refractivity contribution is 14.0. The van der Waals surface area contributed by atoms with Gasteiger partial charge in [-0.1, -0.05) is 18.2 Å². The lowest BCUT2D eigenvalue weighted by Crippen LogP contribution is -2.42. The molecule has 6 heteroatoms. The molecule has 1 fully saturated rings. The Balaban J connectivity index is 0.00000200. The van der Waals surface area contributed by atoms with E-state index in [0.717, 1.165) is 36.8 Å². The maximum absolute atomic E-state index is 6.02. The van der Waals surface area contributed by atoms with Gasteiger partial charge in [-0.05, 0) is 18.1 Å². The van der Waals surface area contributed by atoms with Gasteiger partial charge in [-0.15, -0.1) is 24.0 Å². The standard InChI is InChI=1S/C14H21N3OS.HI/c1-18-13-5-3-2-4-12(13)6-7-16-14(15)17-8-10-19-11-9-17;/h2-5H,6-11H2,1H3,(H2,15,16);1H. The summed E-state index contributed by atoms with van der Waals surface area (Å²) in [5.74, 6) is 3.88. The summed E-state index contributed by atoms with van der Waals surface area (Å²) in [5, 5.41) is 0. The maximum atomic E-state index is 6.02. The van der Waals surface area contributed by atoms with Gasteiger partial charge in [0.05, 0.1) is 7.11 Å². The Hall–Kier alpha value is -0.630. The first-order valence-corrected chi connectivity index (χ1v) is 7.71. The van der Waals surface area contributed by atoms with Crippen molar-refractivity contribution in [3.63, 3.8) is 0 Å². The number of aliphatic imine (C=N–C) groups is 1. The van der Waals surface area contributed by atoms with Gasteiger partial charge in [0.15, 0.2) is 5.96 Å². The van der Waals surface area contributed by atoms with Crippen LogP contribution in [-0.2, 0) is 6.42 Å². The molecule has 112 valence electrons. The normalized spacial score (nSPS) is 15.7. The van der Waals surface area contributed by atoms with E-state index in [1.54, 1.807) is 7.11 Å². The number of para-hydroxylation sites is 1. The van der Waals surface area contributed by atoms with Gasteiger partial charge in [0.2, 0.25) is 0 Å². The third-order valence-corrected chi connectivity index (χ3v) is 4.13. The van der Waals surface area contributed by atoms with Crippen LogP contribution in [0.15, 0.2) is 29.3 Å². The summed E-state index contributed by atoms with van der Waals surface area (Å²) >= 11 is 1.97. The van der Waals surface area contributed by atoms with E-state index in [2.05, 4.69) is 16.0 Å². The monoisotopic (exact) mass is 407 g/mol. The summed E-state index contributed by atoms with van der Waals surface area (Å²) in [6.07, 6.45) is 0.854. The van der Waals surface area contributed by atoms with Gasteiger partial charge < -0.3 is 15.4 Å². The van der Waals surface area contributed by atoms with Gasteiger partial charge in [0, 0.05) is 31.1 Å². The third-order valence-electron chi connectivity index (χ3n) is 3.18. The van der Waals surface area contributed by atoms with Crippen molar-refractivity contribution < 1.29 is 4.74 Å². The number of guanidine groups is 1. The SMILES string of the molecule is COc1ccccc1CCN=C(N)N1CCSCC1.I. The van der Waals surface area contributed by atoms with E-state index >= 15 is 0 Å². The van der Waals surface area contributed by atoms with Crippen LogP contribution < -0.4 is 10.5 Å². The minimum absolute atomic E-state index is 0. The highest BCUT2D eigenvalue weighted by atomic mass is 127. The summed E-state index contributed by atoms with van der Waals surface area (Å²) < 4.78 is 5.33. The molecule has 0 aliphatic carbocycles. The lowest BCUT2D eigenvalue weighted by molar-refractivity contribution is 0.409. The van der Waals surface area contributed by atoms with E-state index in [4.69, 9.17) is 10.5 Å². The zero-order chi connectivity index (χ0) is 13.5. The number of ether oxygens (including phenoxy) is 1. The number of hydrogen-bond donors (Lipinski definition) is 1. The molecular formula is C14H22IN3OS. The molecule has 20 heavy (non-hydrogen) atoms. The molecule has 0 saturated carbocycles. The fraction of sp³-hybridized carbons (Fsp3) is 0.500. The van der Waals surface area contributed by atoms with E-state index < -0.39 is 0 Å². The molecular weight excluding hydrogens is 385 g/mol. The number of benzene rings is 1.